The molecule has 40 heavy (non-hydrogen) atoms. The van der Waals surface area contributed by atoms with Crippen molar-refractivity contribution in [2.45, 2.75) is 32.6 Å². The molecule has 1 saturated heterocycles. The fourth-order valence-corrected chi connectivity index (χ4v) is 5.49. The lowest BCUT2D eigenvalue weighted by Gasteiger charge is -2.26. The first-order valence-electron chi connectivity index (χ1n) is 14.1. The molecule has 1 aliphatic heterocycles. The molecule has 2 aromatic heterocycles. The quantitative estimate of drug-likeness (QED) is 0.353. The average molecular weight is 539 g/mol. The Hall–Kier alpha value is -4.08. The van der Waals surface area contributed by atoms with Crippen LogP contribution >= 0.6 is 0 Å². The Labute approximate surface area is 233 Å². The van der Waals surface area contributed by atoms with Gasteiger partial charge in [-0.15, -0.1) is 0 Å². The third-order valence-electron chi connectivity index (χ3n) is 7.72. The number of carbonyl (C=O) groups is 1. The van der Waals surface area contributed by atoms with Crippen molar-refractivity contribution in [3.8, 4) is 5.69 Å². The minimum absolute atomic E-state index is 0.0758. The molecule has 3 heterocycles. The number of amides is 1. The molecule has 206 valence electrons. The van der Waals surface area contributed by atoms with Crippen molar-refractivity contribution in [3.05, 3.63) is 87.3 Å². The van der Waals surface area contributed by atoms with Crippen LogP contribution in [-0.4, -0.2) is 64.7 Å². The van der Waals surface area contributed by atoms with Crippen LogP contribution in [0.5, 0.6) is 0 Å². The summed E-state index contributed by atoms with van der Waals surface area (Å²) in [7, 11) is 0. The Morgan fingerprint density at radius 2 is 1.85 bits per heavy atom. The summed E-state index contributed by atoms with van der Waals surface area (Å²) in [5.74, 6) is -0.0196. The van der Waals surface area contributed by atoms with Gasteiger partial charge in [0.2, 0.25) is 11.4 Å². The number of ether oxygens (including phenoxy) is 1. The number of anilines is 2. The first-order valence-corrected chi connectivity index (χ1v) is 14.1. The van der Waals surface area contributed by atoms with Gasteiger partial charge < -0.3 is 19.9 Å². The van der Waals surface area contributed by atoms with Gasteiger partial charge in [-0.1, -0.05) is 18.2 Å². The molecular formula is C31H34N6O3. The number of aromatic nitrogens is 3. The zero-order valence-corrected chi connectivity index (χ0v) is 22.8. The highest BCUT2D eigenvalue weighted by Crippen LogP contribution is 2.26. The molecule has 6 rings (SSSR count). The van der Waals surface area contributed by atoms with E-state index in [2.05, 4.69) is 44.8 Å². The number of fused-ring (bicyclic) bond motifs is 2. The summed E-state index contributed by atoms with van der Waals surface area (Å²) in [6.07, 6.45) is 7.33. The van der Waals surface area contributed by atoms with Gasteiger partial charge in [-0.05, 0) is 73.6 Å². The minimum atomic E-state index is -0.403. The molecule has 0 atom stereocenters. The number of carbonyl (C=O) groups excluding carboxylic acids is 1. The van der Waals surface area contributed by atoms with E-state index in [9.17, 15) is 9.59 Å². The van der Waals surface area contributed by atoms with Gasteiger partial charge in [0.05, 0.1) is 18.6 Å². The molecule has 9 heteroatoms. The molecule has 9 nitrogen and oxygen atoms in total. The number of aryl methyl sites for hydroxylation is 2. The minimum Gasteiger partial charge on any atom is -0.379 e. The fraction of sp³-hybridized carbons (Fsp3) is 0.355. The molecule has 0 unspecified atom stereocenters. The maximum atomic E-state index is 13.3. The Morgan fingerprint density at radius 1 is 1.05 bits per heavy atom. The van der Waals surface area contributed by atoms with Crippen LogP contribution in [-0.2, 0) is 24.0 Å². The summed E-state index contributed by atoms with van der Waals surface area (Å²) in [6.45, 7) is 6.86. The highest BCUT2D eigenvalue weighted by Gasteiger charge is 2.19. The van der Waals surface area contributed by atoms with Crippen LogP contribution in [0.15, 0.2) is 59.7 Å². The summed E-state index contributed by atoms with van der Waals surface area (Å²) >= 11 is 0. The van der Waals surface area contributed by atoms with E-state index in [-0.39, 0.29) is 11.0 Å². The maximum absolute atomic E-state index is 13.3. The predicted molar refractivity (Wildman–Crippen MR) is 156 cm³/mol. The number of benzene rings is 2. The molecule has 0 bridgehead atoms. The lowest BCUT2D eigenvalue weighted by Crippen LogP contribution is -2.37. The van der Waals surface area contributed by atoms with E-state index in [1.807, 2.05) is 29.7 Å². The zero-order valence-electron chi connectivity index (χ0n) is 22.8. The summed E-state index contributed by atoms with van der Waals surface area (Å²) in [5.41, 5.74) is 5.79. The van der Waals surface area contributed by atoms with E-state index in [0.29, 0.717) is 23.5 Å². The van der Waals surface area contributed by atoms with Crippen LogP contribution in [0.4, 0.5) is 11.6 Å². The van der Waals surface area contributed by atoms with Crippen molar-refractivity contribution in [2.75, 3.05) is 44.7 Å². The van der Waals surface area contributed by atoms with Crippen LogP contribution in [0.2, 0.25) is 0 Å². The molecule has 0 spiro atoms. The third kappa shape index (κ3) is 5.48. The van der Waals surface area contributed by atoms with Gasteiger partial charge in [0, 0.05) is 49.9 Å². The number of morpholine rings is 1. The van der Waals surface area contributed by atoms with Gasteiger partial charge in [0.15, 0.2) is 5.65 Å². The van der Waals surface area contributed by atoms with E-state index in [1.165, 1.54) is 22.9 Å². The van der Waals surface area contributed by atoms with Crippen LogP contribution in [0, 0.1) is 0 Å². The molecule has 0 saturated carbocycles. The van der Waals surface area contributed by atoms with Crippen LogP contribution in [0.3, 0.4) is 0 Å². The normalized spacial score (nSPS) is 15.2. The highest BCUT2D eigenvalue weighted by molar-refractivity contribution is 5.97. The highest BCUT2D eigenvalue weighted by atomic mass is 16.5. The van der Waals surface area contributed by atoms with Crippen LogP contribution in [0.25, 0.3) is 16.7 Å². The molecule has 2 N–H and O–H groups in total. The van der Waals surface area contributed by atoms with Gasteiger partial charge in [-0.3, -0.25) is 14.5 Å². The molecule has 1 amide bonds. The molecule has 2 aliphatic rings. The maximum Gasteiger partial charge on any atom is 0.256 e. The summed E-state index contributed by atoms with van der Waals surface area (Å²) in [6, 6.07) is 14.6. The molecule has 1 fully saturated rings. The lowest BCUT2D eigenvalue weighted by atomic mass is 10.1. The van der Waals surface area contributed by atoms with E-state index < -0.39 is 5.91 Å². The Balaban J connectivity index is 1.30. The van der Waals surface area contributed by atoms with Crippen molar-refractivity contribution in [1.29, 1.82) is 0 Å². The Kier molecular flexibility index (Phi) is 7.57. The van der Waals surface area contributed by atoms with Gasteiger partial charge >= 0.3 is 0 Å². The summed E-state index contributed by atoms with van der Waals surface area (Å²) < 4.78 is 7.27. The van der Waals surface area contributed by atoms with E-state index in [1.54, 1.807) is 6.20 Å². The van der Waals surface area contributed by atoms with Crippen molar-refractivity contribution < 1.29 is 9.53 Å². The number of pyridine rings is 1. The Bertz CT molecular complexity index is 1590. The number of hydrogen-bond acceptors (Lipinski definition) is 7. The van der Waals surface area contributed by atoms with E-state index >= 15 is 0 Å². The van der Waals surface area contributed by atoms with Gasteiger partial charge in [0.25, 0.3) is 5.91 Å². The summed E-state index contributed by atoms with van der Waals surface area (Å²) in [5, 5.41) is 6.33. The standard InChI is InChI=1S/C31H34N6O3/c1-2-32-30(39)27-20-37(25-11-8-22-4-3-5-23(22)18-25)29-26(28(27)38)19-33-31(35-29)34-24-9-6-21(7-10-24)12-13-36-14-16-40-17-15-36/h6-11,18-20H,2-5,12-17H2,1H3,(H,32,39)(H,33,34,35). The monoisotopic (exact) mass is 538 g/mol. The predicted octanol–water partition coefficient (Wildman–Crippen LogP) is 3.64. The smallest absolute Gasteiger partial charge is 0.256 e. The average Bonchev–Trinajstić information content (AvgIpc) is 3.46. The molecular weight excluding hydrogens is 504 g/mol. The van der Waals surface area contributed by atoms with Crippen molar-refractivity contribution in [2.24, 2.45) is 0 Å². The summed E-state index contributed by atoms with van der Waals surface area (Å²) in [4.78, 5) is 37.7. The number of rotatable bonds is 8. The molecule has 1 aliphatic carbocycles. The molecule has 0 radical (unpaired) electrons. The van der Waals surface area contributed by atoms with Gasteiger partial charge in [-0.25, -0.2) is 4.98 Å². The number of nitrogens with one attached hydrogen (secondary N) is 2. The topological polar surface area (TPSA) is 101 Å². The van der Waals surface area contributed by atoms with Crippen LogP contribution in [0.1, 0.15) is 40.4 Å². The first-order chi connectivity index (χ1) is 19.6. The largest absolute Gasteiger partial charge is 0.379 e. The van der Waals surface area contributed by atoms with Crippen molar-refractivity contribution in [1.82, 2.24) is 24.8 Å². The van der Waals surface area contributed by atoms with Crippen molar-refractivity contribution >= 4 is 28.6 Å². The second-order valence-electron chi connectivity index (χ2n) is 10.4. The first kappa shape index (κ1) is 26.2. The third-order valence-corrected chi connectivity index (χ3v) is 7.72. The lowest BCUT2D eigenvalue weighted by molar-refractivity contribution is 0.0384. The van der Waals surface area contributed by atoms with E-state index in [4.69, 9.17) is 9.72 Å². The zero-order chi connectivity index (χ0) is 27.5. The van der Waals surface area contributed by atoms with Gasteiger partial charge in [0.1, 0.15) is 5.56 Å². The van der Waals surface area contributed by atoms with Gasteiger partial charge in [-0.2, -0.15) is 4.98 Å². The Morgan fingerprint density at radius 3 is 2.65 bits per heavy atom. The molecule has 4 aromatic rings. The molecule has 2 aromatic carbocycles. The number of nitrogens with zero attached hydrogens (tertiary/aromatic N) is 4. The van der Waals surface area contributed by atoms with Crippen molar-refractivity contribution in [3.63, 3.8) is 0 Å². The SMILES string of the molecule is CCNC(=O)c1cn(-c2ccc3c(c2)CCC3)c2nc(Nc3ccc(CCN4CCOCC4)cc3)ncc2c1=O. The van der Waals surface area contributed by atoms with Crippen LogP contribution < -0.4 is 16.1 Å². The second kappa shape index (κ2) is 11.6. The van der Waals surface area contributed by atoms with E-state index in [0.717, 1.165) is 69.9 Å². The fourth-order valence-electron chi connectivity index (χ4n) is 5.49. The second-order valence-corrected chi connectivity index (χ2v) is 10.4. The number of hydrogen-bond donors (Lipinski definition) is 2.